The van der Waals surface area contributed by atoms with Gasteiger partial charge in [0.05, 0.1) is 0 Å². The topological polar surface area (TPSA) is 3.24 Å². The summed E-state index contributed by atoms with van der Waals surface area (Å²) in [6, 6.07) is 10.7. The largest absolute Gasteiger partial charge is 0.306 e. The van der Waals surface area contributed by atoms with Gasteiger partial charge in [-0.15, -0.1) is 17.0 Å². The Morgan fingerprint density at radius 3 is 2.41 bits per heavy atom. The van der Waals surface area contributed by atoms with E-state index in [1.54, 1.807) is 0 Å². The summed E-state index contributed by atoms with van der Waals surface area (Å²) in [4.78, 5) is 2.19. The van der Waals surface area contributed by atoms with Crippen LogP contribution in [0.1, 0.15) is 18.4 Å². The van der Waals surface area contributed by atoms with Crippen molar-refractivity contribution in [2.24, 2.45) is 0 Å². The van der Waals surface area contributed by atoms with E-state index in [4.69, 9.17) is 0 Å². The van der Waals surface area contributed by atoms with E-state index in [2.05, 4.69) is 71.3 Å². The summed E-state index contributed by atoms with van der Waals surface area (Å²) in [7, 11) is 4.20. The second kappa shape index (κ2) is 9.86. The van der Waals surface area contributed by atoms with Crippen molar-refractivity contribution in [2.75, 3.05) is 26.0 Å². The first-order chi connectivity index (χ1) is 7.74. The van der Waals surface area contributed by atoms with Gasteiger partial charge in [-0.25, -0.2) is 0 Å². The molecule has 0 unspecified atom stereocenters. The van der Waals surface area contributed by atoms with E-state index in [1.807, 2.05) is 0 Å². The minimum Gasteiger partial charge on any atom is -0.306 e. The monoisotopic (exact) mass is 361 g/mol. The summed E-state index contributed by atoms with van der Waals surface area (Å²) >= 11 is 3.49. The summed E-state index contributed by atoms with van der Waals surface area (Å²) in [5.74, 6) is 0. The Kier molecular flexibility index (Phi) is 9.79. The average Bonchev–Trinajstić information content (AvgIpc) is 2.30. The molecule has 0 saturated carbocycles. The SMILES string of the molecule is Br.CN(C)CC=C(CCCBr)c1ccccc1. The first-order valence-electron chi connectivity index (χ1n) is 5.69. The molecular formula is C14H21Br2N. The standard InChI is InChI=1S/C14H20BrN.BrH/c1-16(2)12-10-14(9-6-11-15)13-7-4-3-5-8-13;/h3-5,7-8,10H,6,9,11-12H2,1-2H3;1H. The maximum absolute atomic E-state index is 3.49. The van der Waals surface area contributed by atoms with Crippen molar-refractivity contribution >= 4 is 38.5 Å². The van der Waals surface area contributed by atoms with Crippen LogP contribution in [0.4, 0.5) is 0 Å². The Morgan fingerprint density at radius 2 is 1.88 bits per heavy atom. The molecule has 0 heterocycles. The van der Waals surface area contributed by atoms with Crippen molar-refractivity contribution in [3.8, 4) is 0 Å². The Bertz CT molecular complexity index is 320. The van der Waals surface area contributed by atoms with Crippen LogP contribution in [0.3, 0.4) is 0 Å². The van der Waals surface area contributed by atoms with Crippen molar-refractivity contribution in [3.05, 3.63) is 42.0 Å². The highest BCUT2D eigenvalue weighted by Crippen LogP contribution is 2.20. The molecule has 0 aliphatic rings. The third-order valence-corrected chi connectivity index (χ3v) is 2.99. The average molecular weight is 363 g/mol. The van der Waals surface area contributed by atoms with Gasteiger partial charge in [-0.05, 0) is 38.1 Å². The van der Waals surface area contributed by atoms with Crippen LogP contribution in [0.2, 0.25) is 0 Å². The number of hydrogen-bond donors (Lipinski definition) is 0. The molecule has 0 bridgehead atoms. The van der Waals surface area contributed by atoms with E-state index in [1.165, 1.54) is 17.6 Å². The lowest BCUT2D eigenvalue weighted by atomic mass is 10.0. The fourth-order valence-electron chi connectivity index (χ4n) is 1.57. The molecule has 0 fully saturated rings. The summed E-state index contributed by atoms with van der Waals surface area (Å²) < 4.78 is 0. The third kappa shape index (κ3) is 7.02. The highest BCUT2D eigenvalue weighted by atomic mass is 79.9. The molecule has 0 atom stereocenters. The van der Waals surface area contributed by atoms with Gasteiger partial charge in [0.2, 0.25) is 0 Å². The number of benzene rings is 1. The number of nitrogens with zero attached hydrogens (tertiary/aromatic N) is 1. The van der Waals surface area contributed by atoms with Crippen LogP contribution >= 0.6 is 32.9 Å². The summed E-state index contributed by atoms with van der Waals surface area (Å²) in [5.41, 5.74) is 2.80. The second-order valence-corrected chi connectivity index (χ2v) is 4.94. The van der Waals surface area contributed by atoms with E-state index in [0.29, 0.717) is 0 Å². The van der Waals surface area contributed by atoms with Crippen LogP contribution in [0.15, 0.2) is 36.4 Å². The van der Waals surface area contributed by atoms with Crippen LogP contribution < -0.4 is 0 Å². The molecule has 0 aliphatic heterocycles. The van der Waals surface area contributed by atoms with E-state index < -0.39 is 0 Å². The summed E-state index contributed by atoms with van der Waals surface area (Å²) in [6.45, 7) is 1.01. The van der Waals surface area contributed by atoms with E-state index in [9.17, 15) is 0 Å². The maximum Gasteiger partial charge on any atom is 0.0163 e. The van der Waals surface area contributed by atoms with Crippen LogP contribution in [-0.4, -0.2) is 30.9 Å². The highest BCUT2D eigenvalue weighted by molar-refractivity contribution is 9.09. The van der Waals surface area contributed by atoms with Gasteiger partial charge < -0.3 is 4.90 Å². The lowest BCUT2D eigenvalue weighted by molar-refractivity contribution is 0.456. The van der Waals surface area contributed by atoms with E-state index in [-0.39, 0.29) is 17.0 Å². The molecular weight excluding hydrogens is 342 g/mol. The molecule has 3 heteroatoms. The first-order valence-corrected chi connectivity index (χ1v) is 6.81. The van der Waals surface area contributed by atoms with Gasteiger partial charge in [0, 0.05) is 11.9 Å². The first kappa shape index (κ1) is 16.9. The van der Waals surface area contributed by atoms with Gasteiger partial charge in [0.25, 0.3) is 0 Å². The lowest BCUT2D eigenvalue weighted by Crippen LogP contribution is -2.11. The normalized spacial score (nSPS) is 11.4. The van der Waals surface area contributed by atoms with Gasteiger partial charge in [0.15, 0.2) is 0 Å². The summed E-state index contributed by atoms with van der Waals surface area (Å²) in [6.07, 6.45) is 4.66. The number of likely N-dealkylation sites (N-methyl/N-ethyl adjacent to an activating group) is 1. The highest BCUT2D eigenvalue weighted by Gasteiger charge is 2.00. The van der Waals surface area contributed by atoms with Crippen molar-refractivity contribution in [3.63, 3.8) is 0 Å². The Hall–Kier alpha value is -0.120. The van der Waals surface area contributed by atoms with Crippen molar-refractivity contribution in [2.45, 2.75) is 12.8 Å². The molecule has 96 valence electrons. The zero-order valence-electron chi connectivity index (χ0n) is 10.5. The van der Waals surface area contributed by atoms with Gasteiger partial charge >= 0.3 is 0 Å². The van der Waals surface area contributed by atoms with Gasteiger partial charge in [-0.3, -0.25) is 0 Å². The molecule has 0 aliphatic carbocycles. The molecule has 0 N–H and O–H groups in total. The predicted octanol–water partition coefficient (Wildman–Crippen LogP) is 4.38. The van der Waals surface area contributed by atoms with Crippen LogP contribution in [0, 0.1) is 0 Å². The number of halogens is 2. The molecule has 0 aromatic heterocycles. The molecule has 17 heavy (non-hydrogen) atoms. The Morgan fingerprint density at radius 1 is 1.24 bits per heavy atom. The molecule has 0 radical (unpaired) electrons. The Balaban J connectivity index is 0.00000256. The minimum atomic E-state index is 0. The molecule has 0 spiro atoms. The van der Waals surface area contributed by atoms with Gasteiger partial charge in [-0.2, -0.15) is 0 Å². The van der Waals surface area contributed by atoms with Crippen molar-refractivity contribution in [1.29, 1.82) is 0 Å². The zero-order valence-corrected chi connectivity index (χ0v) is 13.8. The van der Waals surface area contributed by atoms with E-state index in [0.717, 1.165) is 18.3 Å². The predicted molar refractivity (Wildman–Crippen MR) is 86.3 cm³/mol. The zero-order chi connectivity index (χ0) is 11.8. The Labute approximate surface area is 124 Å². The van der Waals surface area contributed by atoms with Crippen LogP contribution in [0.5, 0.6) is 0 Å². The molecule has 1 aromatic carbocycles. The van der Waals surface area contributed by atoms with Gasteiger partial charge in [0.1, 0.15) is 0 Å². The number of hydrogen-bond acceptors (Lipinski definition) is 1. The smallest absolute Gasteiger partial charge is 0.0163 e. The van der Waals surface area contributed by atoms with Crippen molar-refractivity contribution in [1.82, 2.24) is 4.90 Å². The van der Waals surface area contributed by atoms with Crippen LogP contribution in [-0.2, 0) is 0 Å². The summed E-state index contributed by atoms with van der Waals surface area (Å²) in [5, 5.41) is 1.07. The number of alkyl halides is 1. The van der Waals surface area contributed by atoms with Gasteiger partial charge in [-0.1, -0.05) is 52.3 Å². The number of rotatable bonds is 6. The molecule has 0 saturated heterocycles. The number of allylic oxidation sites excluding steroid dienone is 1. The van der Waals surface area contributed by atoms with Crippen molar-refractivity contribution < 1.29 is 0 Å². The quantitative estimate of drug-likeness (QED) is 0.678. The fraction of sp³-hybridized carbons (Fsp3) is 0.429. The fourth-order valence-corrected chi connectivity index (χ4v) is 1.85. The van der Waals surface area contributed by atoms with Crippen LogP contribution in [0.25, 0.3) is 5.57 Å². The second-order valence-electron chi connectivity index (χ2n) is 4.15. The molecule has 0 amide bonds. The third-order valence-electron chi connectivity index (χ3n) is 2.43. The molecule has 1 rings (SSSR count). The van der Waals surface area contributed by atoms with E-state index >= 15 is 0 Å². The maximum atomic E-state index is 3.49. The lowest BCUT2D eigenvalue weighted by Gasteiger charge is -2.10. The minimum absolute atomic E-state index is 0. The molecule has 1 aromatic rings. The molecule has 1 nitrogen and oxygen atoms in total.